The molecule has 0 amide bonds. The van der Waals surface area contributed by atoms with Gasteiger partial charge in [0, 0.05) is 17.2 Å². The SMILES string of the molecule is CC(C)CC(CCl)(CCl)Cc1cccc(F)c1Cl. The summed E-state index contributed by atoms with van der Waals surface area (Å²) in [5, 5.41) is 0.181. The van der Waals surface area contributed by atoms with Gasteiger partial charge in [0.05, 0.1) is 5.02 Å². The van der Waals surface area contributed by atoms with Crippen LogP contribution in [0.4, 0.5) is 4.39 Å². The molecule has 0 bridgehead atoms. The van der Waals surface area contributed by atoms with Crippen molar-refractivity contribution in [2.24, 2.45) is 11.3 Å². The van der Waals surface area contributed by atoms with E-state index >= 15 is 0 Å². The van der Waals surface area contributed by atoms with E-state index in [0.29, 0.717) is 24.1 Å². The first-order chi connectivity index (χ1) is 8.44. The molecule has 0 heterocycles. The van der Waals surface area contributed by atoms with E-state index in [2.05, 4.69) is 13.8 Å². The Hall–Kier alpha value is 0.0200. The summed E-state index contributed by atoms with van der Waals surface area (Å²) in [6.07, 6.45) is 1.50. The molecule has 0 nitrogen and oxygen atoms in total. The van der Waals surface area contributed by atoms with Gasteiger partial charge in [0.15, 0.2) is 0 Å². The molecular weight excluding hydrogens is 294 g/mol. The maximum Gasteiger partial charge on any atom is 0.142 e. The van der Waals surface area contributed by atoms with Crippen LogP contribution in [0.25, 0.3) is 0 Å². The van der Waals surface area contributed by atoms with Crippen LogP contribution in [0.15, 0.2) is 18.2 Å². The van der Waals surface area contributed by atoms with Gasteiger partial charge in [-0.3, -0.25) is 0 Å². The third-order valence-electron chi connectivity index (χ3n) is 3.01. The Morgan fingerprint density at radius 1 is 1.22 bits per heavy atom. The maximum atomic E-state index is 13.4. The third kappa shape index (κ3) is 4.01. The molecular formula is C14H18Cl3F. The zero-order valence-electron chi connectivity index (χ0n) is 10.6. The predicted molar refractivity (Wildman–Crippen MR) is 78.4 cm³/mol. The molecule has 0 atom stereocenters. The highest BCUT2D eigenvalue weighted by molar-refractivity contribution is 6.31. The van der Waals surface area contributed by atoms with Crippen molar-refractivity contribution in [3.8, 4) is 0 Å². The van der Waals surface area contributed by atoms with Crippen molar-refractivity contribution in [1.29, 1.82) is 0 Å². The van der Waals surface area contributed by atoms with Gasteiger partial charge in [-0.15, -0.1) is 23.2 Å². The van der Waals surface area contributed by atoms with E-state index in [1.165, 1.54) is 6.07 Å². The van der Waals surface area contributed by atoms with E-state index in [1.54, 1.807) is 6.07 Å². The van der Waals surface area contributed by atoms with Crippen molar-refractivity contribution in [2.75, 3.05) is 11.8 Å². The number of benzene rings is 1. The van der Waals surface area contributed by atoms with E-state index in [-0.39, 0.29) is 10.4 Å². The molecule has 0 spiro atoms. The Balaban J connectivity index is 2.99. The zero-order chi connectivity index (χ0) is 13.8. The van der Waals surface area contributed by atoms with Crippen molar-refractivity contribution in [2.45, 2.75) is 26.7 Å². The highest BCUT2D eigenvalue weighted by Crippen LogP contribution is 2.36. The number of alkyl halides is 2. The lowest BCUT2D eigenvalue weighted by molar-refractivity contribution is 0.295. The standard InChI is InChI=1S/C14H18Cl3F/c1-10(2)6-14(8-15,9-16)7-11-4-3-5-12(18)13(11)17/h3-5,10H,6-9H2,1-2H3. The second-order valence-corrected chi connectivity index (χ2v) is 6.17. The fourth-order valence-corrected chi connectivity index (χ4v) is 3.15. The largest absolute Gasteiger partial charge is 0.205 e. The zero-order valence-corrected chi connectivity index (χ0v) is 12.9. The molecule has 18 heavy (non-hydrogen) atoms. The van der Waals surface area contributed by atoms with Crippen molar-refractivity contribution in [3.63, 3.8) is 0 Å². The van der Waals surface area contributed by atoms with Crippen molar-refractivity contribution in [1.82, 2.24) is 0 Å². The van der Waals surface area contributed by atoms with E-state index in [1.807, 2.05) is 6.07 Å². The molecule has 0 aromatic heterocycles. The number of halogens is 4. The highest BCUT2D eigenvalue weighted by Gasteiger charge is 2.30. The molecule has 0 saturated carbocycles. The lowest BCUT2D eigenvalue weighted by Crippen LogP contribution is -2.30. The summed E-state index contributed by atoms with van der Waals surface area (Å²) in [5.41, 5.74) is 0.549. The first-order valence-corrected chi connectivity index (χ1v) is 7.43. The minimum atomic E-state index is -0.392. The highest BCUT2D eigenvalue weighted by atomic mass is 35.5. The summed E-state index contributed by atoms with van der Waals surface area (Å²) < 4.78 is 13.4. The monoisotopic (exact) mass is 310 g/mol. The topological polar surface area (TPSA) is 0 Å². The van der Waals surface area contributed by atoms with E-state index in [9.17, 15) is 4.39 Å². The number of hydrogen-bond donors (Lipinski definition) is 0. The first-order valence-electron chi connectivity index (χ1n) is 5.99. The molecule has 0 unspecified atom stereocenters. The fraction of sp³-hybridized carbons (Fsp3) is 0.571. The van der Waals surface area contributed by atoms with Gasteiger partial charge < -0.3 is 0 Å². The van der Waals surface area contributed by atoms with Gasteiger partial charge in [-0.05, 0) is 30.4 Å². The normalized spacial score (nSPS) is 12.2. The minimum absolute atomic E-state index is 0.181. The van der Waals surface area contributed by atoms with Crippen LogP contribution in [-0.4, -0.2) is 11.8 Å². The summed E-state index contributed by atoms with van der Waals surface area (Å²) in [6, 6.07) is 4.86. The first kappa shape index (κ1) is 16.1. The summed E-state index contributed by atoms with van der Waals surface area (Å²) in [5.74, 6) is 0.981. The van der Waals surface area contributed by atoms with Crippen molar-refractivity contribution in [3.05, 3.63) is 34.6 Å². The number of hydrogen-bond acceptors (Lipinski definition) is 0. The number of rotatable bonds is 6. The van der Waals surface area contributed by atoms with Gasteiger partial charge in [0.25, 0.3) is 0 Å². The quantitative estimate of drug-likeness (QED) is 0.606. The summed E-state index contributed by atoms with van der Waals surface area (Å²) in [6.45, 7) is 4.25. The molecule has 4 heteroatoms. The Morgan fingerprint density at radius 2 is 1.83 bits per heavy atom. The Morgan fingerprint density at radius 3 is 2.33 bits per heavy atom. The third-order valence-corrected chi connectivity index (χ3v) is 4.56. The van der Waals surface area contributed by atoms with Gasteiger partial charge in [0.1, 0.15) is 5.82 Å². The summed E-state index contributed by atoms with van der Waals surface area (Å²) >= 11 is 18.2. The van der Waals surface area contributed by atoms with Crippen LogP contribution in [0.2, 0.25) is 5.02 Å². The van der Waals surface area contributed by atoms with Gasteiger partial charge in [-0.1, -0.05) is 37.6 Å². The molecule has 102 valence electrons. The van der Waals surface area contributed by atoms with Gasteiger partial charge in [-0.2, -0.15) is 0 Å². The Kier molecular flexibility index (Phi) is 6.23. The van der Waals surface area contributed by atoms with E-state index in [4.69, 9.17) is 34.8 Å². The van der Waals surface area contributed by atoms with Gasteiger partial charge >= 0.3 is 0 Å². The van der Waals surface area contributed by atoms with Crippen LogP contribution in [0, 0.1) is 17.2 Å². The second-order valence-electron chi connectivity index (χ2n) is 5.25. The molecule has 0 aliphatic rings. The van der Waals surface area contributed by atoms with Crippen LogP contribution < -0.4 is 0 Å². The fourth-order valence-electron chi connectivity index (χ4n) is 2.27. The van der Waals surface area contributed by atoms with Gasteiger partial charge in [-0.25, -0.2) is 4.39 Å². The van der Waals surface area contributed by atoms with Crippen LogP contribution in [-0.2, 0) is 6.42 Å². The van der Waals surface area contributed by atoms with Crippen LogP contribution in [0.3, 0.4) is 0 Å². The van der Waals surface area contributed by atoms with E-state index < -0.39 is 5.82 Å². The molecule has 0 aliphatic carbocycles. The molecule has 1 aromatic carbocycles. The molecule has 0 saturated heterocycles. The average Bonchev–Trinajstić information content (AvgIpc) is 2.33. The molecule has 0 radical (unpaired) electrons. The van der Waals surface area contributed by atoms with Gasteiger partial charge in [0.2, 0.25) is 0 Å². The Labute approximate surface area is 123 Å². The summed E-state index contributed by atoms with van der Waals surface area (Å²) in [4.78, 5) is 0. The lowest BCUT2D eigenvalue weighted by atomic mass is 9.78. The van der Waals surface area contributed by atoms with Crippen molar-refractivity contribution >= 4 is 34.8 Å². The molecule has 1 rings (SSSR count). The van der Waals surface area contributed by atoms with Crippen LogP contribution in [0.1, 0.15) is 25.8 Å². The average molecular weight is 312 g/mol. The second kappa shape index (κ2) is 6.98. The smallest absolute Gasteiger partial charge is 0.142 e. The molecule has 0 fully saturated rings. The van der Waals surface area contributed by atoms with Crippen LogP contribution in [0.5, 0.6) is 0 Å². The predicted octanol–water partition coefficient (Wildman–Crippen LogP) is 5.53. The lowest BCUT2D eigenvalue weighted by Gasteiger charge is -2.32. The van der Waals surface area contributed by atoms with Crippen molar-refractivity contribution < 1.29 is 4.39 Å². The molecule has 0 aliphatic heterocycles. The molecule has 0 N–H and O–H groups in total. The van der Waals surface area contributed by atoms with Crippen LogP contribution >= 0.6 is 34.8 Å². The van der Waals surface area contributed by atoms with E-state index in [0.717, 1.165) is 12.0 Å². The Bertz CT molecular complexity index is 387. The maximum absolute atomic E-state index is 13.4. The summed E-state index contributed by atoms with van der Waals surface area (Å²) in [7, 11) is 0. The minimum Gasteiger partial charge on any atom is -0.205 e. The molecule has 1 aromatic rings.